The summed E-state index contributed by atoms with van der Waals surface area (Å²) in [6.45, 7) is 0.781. The number of ether oxygens (including phenoxy) is 1. The number of aromatic nitrogens is 3. The first kappa shape index (κ1) is 21.5. The van der Waals surface area contributed by atoms with Crippen LogP contribution in [0.1, 0.15) is 10.5 Å². The van der Waals surface area contributed by atoms with Crippen LogP contribution in [0.3, 0.4) is 0 Å². The number of nitrogens with zero attached hydrogens (tertiary/aromatic N) is 3. The molecular weight excluding hydrogens is 505 g/mol. The number of nitrogens with one attached hydrogen (secondary N) is 3. The predicted octanol–water partition coefficient (Wildman–Crippen LogP) is 2.91. The third kappa shape index (κ3) is 3.43. The van der Waals surface area contributed by atoms with E-state index in [1.165, 1.54) is 24.6 Å². The second-order valence-electron chi connectivity index (χ2n) is 6.45. The largest absolute Gasteiger partial charge is 0.440 e. The van der Waals surface area contributed by atoms with Crippen molar-refractivity contribution in [3.05, 3.63) is 33.7 Å². The molecule has 1 aromatic carbocycles. The maximum Gasteiger partial charge on any atom is 0.440 e. The van der Waals surface area contributed by atoms with Gasteiger partial charge in [-0.2, -0.15) is 13.2 Å². The molecule has 1 aliphatic heterocycles. The molecule has 9 nitrogen and oxygen atoms in total. The third-order valence-corrected chi connectivity index (χ3v) is 5.99. The fourth-order valence-corrected chi connectivity index (χ4v) is 4.33. The van der Waals surface area contributed by atoms with E-state index >= 15 is 0 Å². The van der Waals surface area contributed by atoms with E-state index in [4.69, 9.17) is 4.74 Å². The van der Waals surface area contributed by atoms with Gasteiger partial charge >= 0.3 is 6.18 Å². The van der Waals surface area contributed by atoms with Crippen molar-refractivity contribution in [3.8, 4) is 0 Å². The lowest BCUT2D eigenvalue weighted by Crippen LogP contribution is -2.63. The van der Waals surface area contributed by atoms with Crippen LogP contribution in [-0.2, 0) is 15.2 Å². The lowest BCUT2D eigenvalue weighted by Gasteiger charge is -2.31. The van der Waals surface area contributed by atoms with Gasteiger partial charge in [0.25, 0.3) is 17.5 Å². The van der Waals surface area contributed by atoms with Crippen LogP contribution < -0.4 is 16.0 Å². The molecule has 0 fully saturated rings. The minimum absolute atomic E-state index is 0.0144. The summed E-state index contributed by atoms with van der Waals surface area (Å²) in [5, 5.41) is 8.49. The van der Waals surface area contributed by atoms with Gasteiger partial charge in [-0.05, 0) is 28.1 Å². The number of imidazole rings is 1. The molecule has 2 amide bonds. The van der Waals surface area contributed by atoms with Crippen molar-refractivity contribution in [2.24, 2.45) is 0 Å². The van der Waals surface area contributed by atoms with Crippen molar-refractivity contribution in [2.75, 3.05) is 30.9 Å². The fraction of sp³-hybridized carbons (Fsp3) is 0.294. The van der Waals surface area contributed by atoms with Crippen molar-refractivity contribution in [3.63, 3.8) is 0 Å². The topological polar surface area (TPSA) is 110 Å². The fourth-order valence-electron chi connectivity index (χ4n) is 3.17. The number of fused-ring (bicyclic) bond motifs is 3. The average Bonchev–Trinajstić information content (AvgIpc) is 3.37. The van der Waals surface area contributed by atoms with Gasteiger partial charge in [0.2, 0.25) is 5.95 Å². The van der Waals surface area contributed by atoms with Crippen molar-refractivity contribution >= 4 is 61.2 Å². The Morgan fingerprint density at radius 3 is 2.87 bits per heavy atom. The molecule has 0 aliphatic carbocycles. The van der Waals surface area contributed by atoms with Crippen LogP contribution in [0.5, 0.6) is 0 Å². The lowest BCUT2D eigenvalue weighted by molar-refractivity contribution is -0.213. The molecule has 14 heteroatoms. The molecule has 31 heavy (non-hydrogen) atoms. The monoisotopic (exact) mass is 518 g/mol. The zero-order valence-corrected chi connectivity index (χ0v) is 18.1. The summed E-state index contributed by atoms with van der Waals surface area (Å²) in [5.74, 6) is -2.95. The number of methoxy groups -OCH3 is 1. The Morgan fingerprint density at radius 2 is 2.16 bits per heavy atom. The van der Waals surface area contributed by atoms with Crippen molar-refractivity contribution < 1.29 is 27.5 Å². The molecule has 0 bridgehead atoms. The number of carbonyl (C=O) groups excluding carboxylic acids is 2. The van der Waals surface area contributed by atoms with Gasteiger partial charge in [-0.25, -0.2) is 9.97 Å². The number of carbonyl (C=O) groups is 2. The van der Waals surface area contributed by atoms with Crippen LogP contribution in [0.2, 0.25) is 0 Å². The Hall–Kier alpha value is -2.71. The molecular formula is C17H14BrF3N6O3S. The van der Waals surface area contributed by atoms with E-state index in [2.05, 4.69) is 36.5 Å². The molecule has 0 spiro atoms. The number of anilines is 2. The second-order valence-corrected chi connectivity index (χ2v) is 8.16. The molecule has 3 N–H and O–H groups in total. The summed E-state index contributed by atoms with van der Waals surface area (Å²) in [6, 6.07) is 4.49. The zero-order valence-electron chi connectivity index (χ0n) is 15.7. The Kier molecular flexibility index (Phi) is 5.39. The summed E-state index contributed by atoms with van der Waals surface area (Å²) in [5.41, 5.74) is -3.43. The number of halogens is 4. The minimum atomic E-state index is -5.18. The highest BCUT2D eigenvalue weighted by atomic mass is 79.9. The van der Waals surface area contributed by atoms with Crippen molar-refractivity contribution in [1.82, 2.24) is 19.9 Å². The molecule has 1 unspecified atom stereocenters. The van der Waals surface area contributed by atoms with Gasteiger partial charge < -0.3 is 15.4 Å². The van der Waals surface area contributed by atoms with Crippen LogP contribution in [0.4, 0.5) is 24.3 Å². The van der Waals surface area contributed by atoms with E-state index in [1.807, 2.05) is 5.32 Å². The van der Waals surface area contributed by atoms with Gasteiger partial charge in [-0.3, -0.25) is 19.5 Å². The highest BCUT2D eigenvalue weighted by Crippen LogP contribution is 2.44. The minimum Gasteiger partial charge on any atom is -0.383 e. The van der Waals surface area contributed by atoms with Crippen LogP contribution in [0, 0.1) is 0 Å². The molecule has 0 saturated carbocycles. The van der Waals surface area contributed by atoms with Gasteiger partial charge in [-0.1, -0.05) is 6.07 Å². The SMILES string of the molecule is COCCNc1nc(C(=O)NC2(C(F)(F)F)C(=O)Nc3nc4c(Br)cccc4n32)cs1. The molecule has 2 aromatic heterocycles. The molecule has 3 heterocycles. The van der Waals surface area contributed by atoms with Crippen LogP contribution in [-0.4, -0.2) is 52.8 Å². The maximum atomic E-state index is 14.4. The number of thiazole rings is 1. The summed E-state index contributed by atoms with van der Waals surface area (Å²) < 4.78 is 49.1. The Labute approximate surface area is 185 Å². The maximum absolute atomic E-state index is 14.4. The molecule has 0 radical (unpaired) electrons. The number of para-hydroxylation sites is 1. The highest BCUT2D eigenvalue weighted by molar-refractivity contribution is 9.10. The first-order valence-corrected chi connectivity index (χ1v) is 10.4. The number of benzene rings is 1. The lowest BCUT2D eigenvalue weighted by atomic mass is 10.1. The van der Waals surface area contributed by atoms with E-state index in [0.717, 1.165) is 11.3 Å². The smallest absolute Gasteiger partial charge is 0.383 e. The number of hydrogen-bond acceptors (Lipinski definition) is 7. The van der Waals surface area contributed by atoms with E-state index in [-0.39, 0.29) is 22.7 Å². The predicted molar refractivity (Wildman–Crippen MR) is 110 cm³/mol. The van der Waals surface area contributed by atoms with Crippen molar-refractivity contribution in [1.29, 1.82) is 0 Å². The van der Waals surface area contributed by atoms with Crippen LogP contribution >= 0.6 is 27.3 Å². The molecule has 164 valence electrons. The standard InChI is InChI=1S/C17H14BrF3N6O3S/c1-30-6-5-22-15-23-9(7-31-15)12(28)26-16(17(19,20)21)13(29)25-14-24-11-8(18)3-2-4-10(11)27(14)16/h2-4,7H,5-6H2,1H3,(H,22,23)(H,26,28)(H,24,25,29). The molecule has 3 aromatic rings. The van der Waals surface area contributed by atoms with E-state index in [1.54, 1.807) is 6.07 Å². The van der Waals surface area contributed by atoms with Gasteiger partial charge in [-0.15, -0.1) is 11.3 Å². The first-order valence-electron chi connectivity index (χ1n) is 8.75. The Balaban J connectivity index is 1.74. The summed E-state index contributed by atoms with van der Waals surface area (Å²) >= 11 is 4.27. The molecule has 1 aliphatic rings. The normalized spacial score (nSPS) is 18.2. The average molecular weight is 519 g/mol. The van der Waals surface area contributed by atoms with E-state index in [9.17, 15) is 22.8 Å². The summed E-state index contributed by atoms with van der Waals surface area (Å²) in [7, 11) is 1.51. The summed E-state index contributed by atoms with van der Waals surface area (Å²) in [4.78, 5) is 33.4. The quantitative estimate of drug-likeness (QED) is 0.433. The number of rotatable bonds is 6. The molecule has 4 rings (SSSR count). The first-order chi connectivity index (χ1) is 14.7. The van der Waals surface area contributed by atoms with E-state index in [0.29, 0.717) is 27.3 Å². The highest BCUT2D eigenvalue weighted by Gasteiger charge is 2.67. The second kappa shape index (κ2) is 7.76. The Bertz CT molecular complexity index is 1180. The van der Waals surface area contributed by atoms with Crippen molar-refractivity contribution in [2.45, 2.75) is 11.8 Å². The third-order valence-electron chi connectivity index (χ3n) is 4.55. The van der Waals surface area contributed by atoms with Gasteiger partial charge in [0.05, 0.1) is 12.1 Å². The van der Waals surface area contributed by atoms with Crippen LogP contribution in [0.15, 0.2) is 28.1 Å². The van der Waals surface area contributed by atoms with Gasteiger partial charge in [0, 0.05) is 23.5 Å². The Morgan fingerprint density at radius 1 is 1.39 bits per heavy atom. The van der Waals surface area contributed by atoms with Gasteiger partial charge in [0.1, 0.15) is 11.2 Å². The van der Waals surface area contributed by atoms with Crippen LogP contribution in [0.25, 0.3) is 11.0 Å². The number of alkyl halides is 3. The molecule has 0 saturated heterocycles. The number of amides is 2. The van der Waals surface area contributed by atoms with E-state index < -0.39 is 23.7 Å². The summed E-state index contributed by atoms with van der Waals surface area (Å²) in [6.07, 6.45) is -5.18. The number of hydrogen-bond donors (Lipinski definition) is 3. The molecule has 1 atom stereocenters. The zero-order chi connectivity index (χ0) is 22.4. The van der Waals surface area contributed by atoms with Gasteiger partial charge in [0.15, 0.2) is 5.13 Å².